The van der Waals surface area contributed by atoms with E-state index >= 15 is 0 Å². The lowest BCUT2D eigenvalue weighted by molar-refractivity contribution is -0.119. The quantitative estimate of drug-likeness (QED) is 0.454. The van der Waals surface area contributed by atoms with Crippen LogP contribution < -0.4 is 21.5 Å². The second kappa shape index (κ2) is 11.6. The predicted octanol–water partition coefficient (Wildman–Crippen LogP) is 1.70. The Labute approximate surface area is 177 Å². The predicted molar refractivity (Wildman–Crippen MR) is 106 cm³/mol. The summed E-state index contributed by atoms with van der Waals surface area (Å²) in [5.74, 6) is -0.589. The van der Waals surface area contributed by atoms with Crippen LogP contribution in [0.25, 0.3) is 0 Å². The fourth-order valence-electron chi connectivity index (χ4n) is 2.52. The van der Waals surface area contributed by atoms with Crippen LogP contribution in [0.3, 0.4) is 0 Å². The van der Waals surface area contributed by atoms with Gasteiger partial charge in [0.15, 0.2) is 0 Å². The van der Waals surface area contributed by atoms with Crippen molar-refractivity contribution in [3.63, 3.8) is 0 Å². The van der Waals surface area contributed by atoms with E-state index < -0.39 is 18.7 Å². The molecule has 2 aromatic rings. The molecule has 31 heavy (non-hydrogen) atoms. The molecule has 0 aromatic carbocycles. The molecule has 12 heteroatoms. The van der Waals surface area contributed by atoms with Crippen LogP contribution in [0.2, 0.25) is 0 Å². The van der Waals surface area contributed by atoms with Crippen LogP contribution in [0.4, 0.5) is 13.2 Å². The highest BCUT2D eigenvalue weighted by molar-refractivity contribution is 5.79. The molecule has 0 spiro atoms. The van der Waals surface area contributed by atoms with Gasteiger partial charge < -0.3 is 21.5 Å². The molecule has 0 aliphatic carbocycles. The zero-order valence-electron chi connectivity index (χ0n) is 16.8. The lowest BCUT2D eigenvalue weighted by Crippen LogP contribution is -2.29. The van der Waals surface area contributed by atoms with E-state index in [2.05, 4.69) is 25.3 Å². The maximum atomic E-state index is 14.0. The number of hydrogen-bond acceptors (Lipinski definition) is 7. The van der Waals surface area contributed by atoms with E-state index in [1.54, 1.807) is 13.1 Å². The number of carbonyl (C=O) groups excluding carboxylic acids is 1. The lowest BCUT2D eigenvalue weighted by atomic mass is 10.1. The summed E-state index contributed by atoms with van der Waals surface area (Å²) in [7, 11) is 0. The van der Waals surface area contributed by atoms with Crippen LogP contribution in [0.5, 0.6) is 5.75 Å². The van der Waals surface area contributed by atoms with Gasteiger partial charge in [-0.25, -0.2) is 9.07 Å². The third kappa shape index (κ3) is 9.19. The van der Waals surface area contributed by atoms with Crippen LogP contribution in [-0.2, 0) is 17.8 Å². The molecular formula is C19H24F3N7O2. The van der Waals surface area contributed by atoms with E-state index in [1.165, 1.54) is 35.2 Å². The van der Waals surface area contributed by atoms with E-state index in [0.717, 1.165) is 0 Å². The van der Waals surface area contributed by atoms with Gasteiger partial charge in [0, 0.05) is 24.2 Å². The van der Waals surface area contributed by atoms with Gasteiger partial charge in [0.1, 0.15) is 17.7 Å². The molecular weight excluding hydrogens is 415 g/mol. The van der Waals surface area contributed by atoms with Crippen molar-refractivity contribution in [3.05, 3.63) is 59.6 Å². The first-order chi connectivity index (χ1) is 14.7. The van der Waals surface area contributed by atoms with Gasteiger partial charge in [0.05, 0.1) is 24.4 Å². The number of amides is 1. The van der Waals surface area contributed by atoms with Crippen molar-refractivity contribution >= 4 is 5.91 Å². The van der Waals surface area contributed by atoms with Crippen molar-refractivity contribution in [3.8, 4) is 5.75 Å². The molecule has 0 aliphatic rings. The first-order valence-corrected chi connectivity index (χ1v) is 9.33. The molecule has 2 rings (SSSR count). The normalized spacial score (nSPS) is 13.3. The van der Waals surface area contributed by atoms with Crippen molar-refractivity contribution in [1.82, 2.24) is 25.3 Å². The number of pyridine rings is 1. The Morgan fingerprint density at radius 3 is 2.77 bits per heavy atom. The average Bonchev–Trinajstić information content (AvgIpc) is 3.09. The Bertz CT molecular complexity index is 931. The Morgan fingerprint density at radius 2 is 2.10 bits per heavy atom. The molecule has 5 N–H and O–H groups in total. The van der Waals surface area contributed by atoms with Gasteiger partial charge in [-0.1, -0.05) is 5.21 Å². The summed E-state index contributed by atoms with van der Waals surface area (Å²) in [4.78, 5) is 15.9. The summed E-state index contributed by atoms with van der Waals surface area (Å²) in [6.45, 7) is -1.12. The topological polar surface area (TPSA) is 134 Å². The molecule has 168 valence electrons. The van der Waals surface area contributed by atoms with E-state index in [0.29, 0.717) is 11.4 Å². The molecule has 1 atom stereocenters. The highest BCUT2D eigenvalue weighted by atomic mass is 19.3. The van der Waals surface area contributed by atoms with Gasteiger partial charge >= 0.3 is 6.61 Å². The third-order valence-corrected chi connectivity index (χ3v) is 3.90. The summed E-state index contributed by atoms with van der Waals surface area (Å²) in [5.41, 5.74) is 12.9. The van der Waals surface area contributed by atoms with Crippen LogP contribution in [0, 0.1) is 6.92 Å². The highest BCUT2D eigenvalue weighted by Crippen LogP contribution is 2.14. The van der Waals surface area contributed by atoms with Crippen molar-refractivity contribution in [2.75, 3.05) is 0 Å². The summed E-state index contributed by atoms with van der Waals surface area (Å²) in [6, 6.07) is 2.49. The van der Waals surface area contributed by atoms with E-state index in [9.17, 15) is 18.0 Å². The monoisotopic (exact) mass is 439 g/mol. The molecule has 0 radical (unpaired) electrons. The molecule has 0 saturated heterocycles. The number of nitrogens with zero attached hydrogens (tertiary/aromatic N) is 4. The second-order valence-corrected chi connectivity index (χ2v) is 6.67. The van der Waals surface area contributed by atoms with Crippen molar-refractivity contribution in [2.24, 2.45) is 11.5 Å². The van der Waals surface area contributed by atoms with Crippen LogP contribution in [0.1, 0.15) is 24.2 Å². The first-order valence-electron chi connectivity index (χ1n) is 9.33. The highest BCUT2D eigenvalue weighted by Gasteiger charge is 2.10. The zero-order valence-corrected chi connectivity index (χ0v) is 16.8. The average molecular weight is 439 g/mol. The fourth-order valence-corrected chi connectivity index (χ4v) is 2.52. The van der Waals surface area contributed by atoms with Gasteiger partial charge in [-0.15, -0.1) is 5.10 Å². The number of hydrogen-bond donors (Lipinski definition) is 3. The molecule has 0 aliphatic heterocycles. The zero-order chi connectivity index (χ0) is 22.8. The smallest absolute Gasteiger partial charge is 0.387 e. The van der Waals surface area contributed by atoms with E-state index in [1.807, 2.05) is 0 Å². The molecule has 9 nitrogen and oxygen atoms in total. The lowest BCUT2D eigenvalue weighted by Gasteiger charge is -2.08. The number of alkyl halides is 3. The summed E-state index contributed by atoms with van der Waals surface area (Å²) in [6.07, 6.45) is 4.88. The summed E-state index contributed by atoms with van der Waals surface area (Å²) < 4.78 is 44.2. The molecule has 0 fully saturated rings. The SMILES string of the molecule is Cc1cn(CC(F)CC/C(N)=C/C=C(\N)NC(=O)Cc2cc(OC(F)F)ccn2)nn1. The van der Waals surface area contributed by atoms with Gasteiger partial charge in [-0.05, 0) is 38.0 Å². The molecule has 0 saturated carbocycles. The van der Waals surface area contributed by atoms with Gasteiger partial charge in [-0.2, -0.15) is 8.78 Å². The molecule has 1 amide bonds. The molecule has 0 bridgehead atoms. The summed E-state index contributed by atoms with van der Waals surface area (Å²) >= 11 is 0. The minimum atomic E-state index is -2.97. The van der Waals surface area contributed by atoms with Crippen molar-refractivity contribution in [1.29, 1.82) is 0 Å². The second-order valence-electron chi connectivity index (χ2n) is 6.67. The van der Waals surface area contributed by atoms with E-state index in [-0.39, 0.29) is 43.1 Å². The Balaban J connectivity index is 1.78. The van der Waals surface area contributed by atoms with Crippen molar-refractivity contribution in [2.45, 2.75) is 45.5 Å². The molecule has 2 heterocycles. The Hall–Kier alpha value is -3.57. The van der Waals surface area contributed by atoms with Gasteiger partial charge in [0.2, 0.25) is 5.91 Å². The van der Waals surface area contributed by atoms with Gasteiger partial charge in [-0.3, -0.25) is 9.78 Å². The molecule has 2 aromatic heterocycles. The number of allylic oxidation sites excluding steroid dienone is 3. The van der Waals surface area contributed by atoms with Crippen molar-refractivity contribution < 1.29 is 22.7 Å². The maximum Gasteiger partial charge on any atom is 0.387 e. The number of rotatable bonds is 11. The number of nitrogens with two attached hydrogens (primary N) is 2. The number of nitrogens with one attached hydrogen (secondary N) is 1. The summed E-state index contributed by atoms with van der Waals surface area (Å²) in [5, 5.41) is 10.0. The van der Waals surface area contributed by atoms with Crippen LogP contribution in [0.15, 0.2) is 48.2 Å². The first kappa shape index (κ1) is 23.7. The maximum absolute atomic E-state index is 14.0. The Morgan fingerprint density at radius 1 is 1.32 bits per heavy atom. The molecule has 1 unspecified atom stereocenters. The van der Waals surface area contributed by atoms with Crippen LogP contribution >= 0.6 is 0 Å². The number of ether oxygens (including phenoxy) is 1. The number of aryl methyl sites for hydroxylation is 1. The minimum Gasteiger partial charge on any atom is -0.435 e. The van der Waals surface area contributed by atoms with E-state index in [4.69, 9.17) is 11.5 Å². The fraction of sp³-hybridized carbons (Fsp3) is 0.368. The van der Waals surface area contributed by atoms with Gasteiger partial charge in [0.25, 0.3) is 0 Å². The minimum absolute atomic E-state index is 0.0165. The Kier molecular flexibility index (Phi) is 8.85. The van der Waals surface area contributed by atoms with Crippen LogP contribution in [-0.4, -0.2) is 38.7 Å². The standard InChI is InChI=1S/C19H24F3N7O2/c1-12-10-29(28-27-12)11-13(20)2-3-14(23)4-5-17(24)26-18(30)9-15-8-16(6-7-25-15)31-19(21)22/h4-8,10,13,19H,2-3,9,11,23-24H2,1H3,(H,26,30)/b14-4-,17-5+. The number of halogens is 3. The third-order valence-electron chi connectivity index (χ3n) is 3.90. The number of carbonyl (C=O) groups is 1. The number of aromatic nitrogens is 4. The largest absolute Gasteiger partial charge is 0.435 e.